The molecule has 2 nitrogen and oxygen atoms in total. The maximum absolute atomic E-state index is 5.26. The molecular formula is C12H15NOS. The minimum absolute atomic E-state index is 0.695. The first-order valence-corrected chi connectivity index (χ1v) is 5.81. The quantitative estimate of drug-likeness (QED) is 0.857. The minimum Gasteiger partial charge on any atom is -0.380 e. The second kappa shape index (κ2) is 4.75. The molecule has 0 amide bonds. The molecule has 15 heavy (non-hydrogen) atoms. The third kappa shape index (κ3) is 2.04. The Morgan fingerprint density at radius 2 is 2.13 bits per heavy atom. The highest BCUT2D eigenvalue weighted by Gasteiger charge is 2.10. The number of hydrogen-bond donors (Lipinski definition) is 1. The highest BCUT2D eigenvalue weighted by Crippen LogP contribution is 2.31. The number of benzene rings is 1. The number of ether oxygens (including phenoxy) is 1. The van der Waals surface area contributed by atoms with E-state index in [0.717, 1.165) is 6.54 Å². The summed E-state index contributed by atoms with van der Waals surface area (Å²) < 4.78 is 6.60. The summed E-state index contributed by atoms with van der Waals surface area (Å²) in [5.41, 5.74) is 1.33. The van der Waals surface area contributed by atoms with Gasteiger partial charge in [0, 0.05) is 28.8 Å². The van der Waals surface area contributed by atoms with Crippen molar-refractivity contribution < 1.29 is 4.74 Å². The molecule has 0 spiro atoms. The van der Waals surface area contributed by atoms with E-state index in [0.29, 0.717) is 6.61 Å². The van der Waals surface area contributed by atoms with Crippen molar-refractivity contribution >= 4 is 21.4 Å². The fourth-order valence-corrected chi connectivity index (χ4v) is 2.98. The molecule has 0 aliphatic heterocycles. The van der Waals surface area contributed by atoms with Gasteiger partial charge in [0.15, 0.2) is 0 Å². The van der Waals surface area contributed by atoms with E-state index < -0.39 is 0 Å². The summed E-state index contributed by atoms with van der Waals surface area (Å²) in [6.07, 6.45) is 0. The van der Waals surface area contributed by atoms with Gasteiger partial charge in [-0.05, 0) is 18.5 Å². The molecular weight excluding hydrogens is 206 g/mol. The van der Waals surface area contributed by atoms with Crippen LogP contribution in [0, 0.1) is 0 Å². The highest BCUT2D eigenvalue weighted by atomic mass is 32.1. The maximum atomic E-state index is 5.26. The number of thiophene rings is 1. The molecule has 0 aliphatic carbocycles. The second-order valence-electron chi connectivity index (χ2n) is 3.46. The molecule has 0 saturated heterocycles. The Hall–Kier alpha value is -0.900. The molecule has 0 atom stereocenters. The van der Waals surface area contributed by atoms with Crippen LogP contribution in [0.3, 0.4) is 0 Å². The minimum atomic E-state index is 0.695. The normalized spacial score (nSPS) is 11.1. The summed E-state index contributed by atoms with van der Waals surface area (Å²) in [7, 11) is 3.72. The molecule has 1 aromatic heterocycles. The smallest absolute Gasteiger partial charge is 0.0730 e. The molecule has 0 unspecified atom stereocenters. The van der Waals surface area contributed by atoms with Crippen molar-refractivity contribution in [2.45, 2.75) is 13.2 Å². The lowest BCUT2D eigenvalue weighted by molar-refractivity contribution is 0.185. The van der Waals surface area contributed by atoms with Gasteiger partial charge in [-0.1, -0.05) is 18.2 Å². The molecule has 1 aromatic carbocycles. The van der Waals surface area contributed by atoms with Crippen LogP contribution in [0.4, 0.5) is 0 Å². The van der Waals surface area contributed by atoms with Crippen LogP contribution in [-0.4, -0.2) is 14.2 Å². The molecule has 2 aromatic rings. The predicted molar refractivity (Wildman–Crippen MR) is 65.3 cm³/mol. The van der Waals surface area contributed by atoms with E-state index in [-0.39, 0.29) is 0 Å². The second-order valence-corrected chi connectivity index (χ2v) is 4.60. The van der Waals surface area contributed by atoms with Crippen LogP contribution >= 0.6 is 11.3 Å². The first-order valence-electron chi connectivity index (χ1n) is 4.99. The molecule has 0 saturated carbocycles. The van der Waals surface area contributed by atoms with Crippen molar-refractivity contribution in [2.75, 3.05) is 14.2 Å². The van der Waals surface area contributed by atoms with Crippen LogP contribution < -0.4 is 5.32 Å². The first-order chi connectivity index (χ1) is 7.36. The zero-order valence-electron chi connectivity index (χ0n) is 9.04. The Bertz CT molecular complexity index is 450. The van der Waals surface area contributed by atoms with E-state index in [1.807, 2.05) is 18.4 Å². The number of rotatable bonds is 4. The summed E-state index contributed by atoms with van der Waals surface area (Å²) >= 11 is 1.85. The summed E-state index contributed by atoms with van der Waals surface area (Å²) in [5.74, 6) is 0. The molecule has 0 fully saturated rings. The van der Waals surface area contributed by atoms with Gasteiger partial charge < -0.3 is 10.1 Å². The van der Waals surface area contributed by atoms with Crippen molar-refractivity contribution in [1.82, 2.24) is 5.32 Å². The van der Waals surface area contributed by atoms with Gasteiger partial charge in [0.2, 0.25) is 0 Å². The zero-order valence-corrected chi connectivity index (χ0v) is 9.86. The van der Waals surface area contributed by atoms with E-state index in [2.05, 4.69) is 29.6 Å². The topological polar surface area (TPSA) is 21.3 Å². The fourth-order valence-electron chi connectivity index (χ4n) is 1.76. The lowest BCUT2D eigenvalue weighted by Gasteiger charge is -2.02. The van der Waals surface area contributed by atoms with Gasteiger partial charge in [-0.25, -0.2) is 0 Å². The van der Waals surface area contributed by atoms with Crippen LogP contribution in [0.5, 0.6) is 0 Å². The van der Waals surface area contributed by atoms with Crippen LogP contribution in [-0.2, 0) is 17.9 Å². The Kier molecular flexibility index (Phi) is 3.36. The Labute approximate surface area is 93.9 Å². The predicted octanol–water partition coefficient (Wildman–Crippen LogP) is 2.77. The molecule has 2 rings (SSSR count). The van der Waals surface area contributed by atoms with E-state index in [1.54, 1.807) is 7.11 Å². The SMILES string of the molecule is CNCc1sc2ccccc2c1COC. The van der Waals surface area contributed by atoms with Gasteiger partial charge in [-0.15, -0.1) is 11.3 Å². The average molecular weight is 221 g/mol. The average Bonchev–Trinajstić information content (AvgIpc) is 2.59. The lowest BCUT2D eigenvalue weighted by Crippen LogP contribution is -2.05. The number of methoxy groups -OCH3 is 1. The molecule has 80 valence electrons. The summed E-state index contributed by atoms with van der Waals surface area (Å²) in [6.45, 7) is 1.61. The van der Waals surface area contributed by atoms with E-state index in [1.165, 1.54) is 20.5 Å². The molecule has 0 bridgehead atoms. The van der Waals surface area contributed by atoms with E-state index in [9.17, 15) is 0 Å². The van der Waals surface area contributed by atoms with Crippen LogP contribution in [0.25, 0.3) is 10.1 Å². The van der Waals surface area contributed by atoms with Gasteiger partial charge in [0.05, 0.1) is 6.61 Å². The molecule has 1 N–H and O–H groups in total. The van der Waals surface area contributed by atoms with Gasteiger partial charge in [-0.2, -0.15) is 0 Å². The molecule has 0 radical (unpaired) electrons. The van der Waals surface area contributed by atoms with Crippen molar-refractivity contribution in [3.8, 4) is 0 Å². The Morgan fingerprint density at radius 1 is 1.33 bits per heavy atom. The monoisotopic (exact) mass is 221 g/mol. The summed E-state index contributed by atoms with van der Waals surface area (Å²) in [6, 6.07) is 8.49. The number of fused-ring (bicyclic) bond motifs is 1. The third-order valence-electron chi connectivity index (χ3n) is 2.41. The van der Waals surface area contributed by atoms with Crippen LogP contribution in [0.2, 0.25) is 0 Å². The molecule has 0 aliphatic rings. The third-order valence-corrected chi connectivity index (χ3v) is 3.62. The first kappa shape index (κ1) is 10.6. The zero-order chi connectivity index (χ0) is 10.7. The van der Waals surface area contributed by atoms with Crippen molar-refractivity contribution in [1.29, 1.82) is 0 Å². The van der Waals surface area contributed by atoms with Crippen molar-refractivity contribution in [3.63, 3.8) is 0 Å². The van der Waals surface area contributed by atoms with Crippen molar-refractivity contribution in [2.24, 2.45) is 0 Å². The van der Waals surface area contributed by atoms with Gasteiger partial charge >= 0.3 is 0 Å². The van der Waals surface area contributed by atoms with Gasteiger partial charge in [-0.3, -0.25) is 0 Å². The number of nitrogens with one attached hydrogen (secondary N) is 1. The molecule has 3 heteroatoms. The van der Waals surface area contributed by atoms with Gasteiger partial charge in [0.1, 0.15) is 0 Å². The van der Waals surface area contributed by atoms with E-state index >= 15 is 0 Å². The Balaban J connectivity index is 2.53. The van der Waals surface area contributed by atoms with Crippen molar-refractivity contribution in [3.05, 3.63) is 34.7 Å². The molecule has 1 heterocycles. The standard InChI is InChI=1S/C12H15NOS/c1-13-7-12-10(8-14-2)9-5-3-4-6-11(9)15-12/h3-6,13H,7-8H2,1-2H3. The van der Waals surface area contributed by atoms with Gasteiger partial charge in [0.25, 0.3) is 0 Å². The van der Waals surface area contributed by atoms with E-state index in [4.69, 9.17) is 4.74 Å². The maximum Gasteiger partial charge on any atom is 0.0730 e. The fraction of sp³-hybridized carbons (Fsp3) is 0.333. The summed E-state index contributed by atoms with van der Waals surface area (Å²) in [4.78, 5) is 1.38. The Morgan fingerprint density at radius 3 is 2.87 bits per heavy atom. The largest absolute Gasteiger partial charge is 0.380 e. The lowest BCUT2D eigenvalue weighted by atomic mass is 10.1. The van der Waals surface area contributed by atoms with Crippen LogP contribution in [0.1, 0.15) is 10.4 Å². The highest BCUT2D eigenvalue weighted by molar-refractivity contribution is 7.19. The number of hydrogen-bond acceptors (Lipinski definition) is 3. The summed E-state index contributed by atoms with van der Waals surface area (Å²) in [5, 5.41) is 4.53. The van der Waals surface area contributed by atoms with Crippen LogP contribution in [0.15, 0.2) is 24.3 Å².